The molecule has 0 aliphatic carbocycles. The minimum Gasteiger partial charge on any atom is -0.494 e. The van der Waals surface area contributed by atoms with Crippen LogP contribution in [0.5, 0.6) is 17.2 Å². The number of ether oxygens (including phenoxy) is 3. The largest absolute Gasteiger partial charge is 0.494 e. The van der Waals surface area contributed by atoms with Crippen molar-refractivity contribution in [2.45, 2.75) is 6.54 Å². The van der Waals surface area contributed by atoms with E-state index in [-0.39, 0.29) is 5.91 Å². The van der Waals surface area contributed by atoms with Crippen LogP contribution in [0.1, 0.15) is 0 Å². The van der Waals surface area contributed by atoms with Crippen LogP contribution in [0.25, 0.3) is 22.2 Å². The number of methoxy groups -OCH3 is 1. The highest BCUT2D eigenvalue weighted by Gasteiger charge is 2.21. The Balaban J connectivity index is 1.51. The first-order valence-electron chi connectivity index (χ1n) is 12.4. The van der Waals surface area contributed by atoms with Gasteiger partial charge in [0.05, 0.1) is 47.5 Å². The number of aromatic nitrogens is 3. The first kappa shape index (κ1) is 26.3. The molecule has 5 rings (SSSR count). The minimum atomic E-state index is -0.370. The molecule has 202 valence electrons. The third-order valence-electron chi connectivity index (χ3n) is 6.24. The van der Waals surface area contributed by atoms with Gasteiger partial charge < -0.3 is 34.3 Å². The van der Waals surface area contributed by atoms with E-state index in [1.807, 2.05) is 43.4 Å². The number of amides is 1. The first-order valence-corrected chi connectivity index (χ1v) is 12.7. The number of carbonyl (C=O) groups is 1. The molecule has 0 spiro atoms. The lowest BCUT2D eigenvalue weighted by molar-refractivity contribution is -0.111. The summed E-state index contributed by atoms with van der Waals surface area (Å²) in [5, 5.41) is 7.41. The van der Waals surface area contributed by atoms with E-state index in [4.69, 9.17) is 30.8 Å². The van der Waals surface area contributed by atoms with Gasteiger partial charge in [-0.25, -0.2) is 9.97 Å². The maximum absolute atomic E-state index is 12.1. The average Bonchev–Trinajstić information content (AvgIpc) is 3.30. The number of hydrogen-bond donors (Lipinski definition) is 2. The van der Waals surface area contributed by atoms with Gasteiger partial charge in [-0.05, 0) is 32.3 Å². The molecule has 39 heavy (non-hydrogen) atoms. The van der Waals surface area contributed by atoms with Crippen LogP contribution < -0.4 is 24.8 Å². The van der Waals surface area contributed by atoms with Gasteiger partial charge in [-0.3, -0.25) is 4.79 Å². The molecule has 0 fully saturated rings. The SMILES string of the molecule is C=CC(=O)Nc1cc(Nc2ncc(Cl)c(-c3cn4c5c(cccc35)OCC4)n2)c(OC)cc1OCCN(C)C. The Morgan fingerprint density at radius 3 is 2.90 bits per heavy atom. The zero-order valence-electron chi connectivity index (χ0n) is 22.0. The van der Waals surface area contributed by atoms with Gasteiger partial charge in [0, 0.05) is 29.8 Å². The first-order chi connectivity index (χ1) is 18.9. The molecule has 0 saturated carbocycles. The highest BCUT2D eigenvalue weighted by molar-refractivity contribution is 6.33. The number of halogens is 1. The fourth-order valence-corrected chi connectivity index (χ4v) is 4.56. The predicted octanol–water partition coefficient (Wildman–Crippen LogP) is 4.96. The molecule has 0 saturated heterocycles. The van der Waals surface area contributed by atoms with Crippen LogP contribution in [0.15, 0.2) is 55.4 Å². The number of para-hydroxylation sites is 1. The summed E-state index contributed by atoms with van der Waals surface area (Å²) in [6.07, 6.45) is 4.79. The van der Waals surface area contributed by atoms with Crippen molar-refractivity contribution in [1.82, 2.24) is 19.4 Å². The molecule has 2 aromatic heterocycles. The number of likely N-dealkylation sites (N-methyl/N-ethyl adjacent to an activating group) is 1. The van der Waals surface area contributed by atoms with Crippen LogP contribution >= 0.6 is 11.6 Å². The second-order valence-corrected chi connectivity index (χ2v) is 9.55. The van der Waals surface area contributed by atoms with Crippen molar-refractivity contribution in [3.05, 3.63) is 60.4 Å². The van der Waals surface area contributed by atoms with E-state index in [1.165, 1.54) is 6.08 Å². The van der Waals surface area contributed by atoms with Gasteiger partial charge >= 0.3 is 0 Å². The summed E-state index contributed by atoms with van der Waals surface area (Å²) in [7, 11) is 5.46. The number of anilines is 3. The lowest BCUT2D eigenvalue weighted by Gasteiger charge is -2.18. The van der Waals surface area contributed by atoms with E-state index in [2.05, 4.69) is 26.8 Å². The third-order valence-corrected chi connectivity index (χ3v) is 6.51. The highest BCUT2D eigenvalue weighted by Crippen LogP contribution is 2.41. The number of carbonyl (C=O) groups excluding carboxylic acids is 1. The summed E-state index contributed by atoms with van der Waals surface area (Å²) in [5.74, 6) is 1.71. The van der Waals surface area contributed by atoms with Crippen LogP contribution in [0, 0.1) is 0 Å². The molecule has 3 heterocycles. The van der Waals surface area contributed by atoms with Crippen molar-refractivity contribution in [3.8, 4) is 28.5 Å². The van der Waals surface area contributed by atoms with E-state index in [0.717, 1.165) is 28.8 Å². The predicted molar refractivity (Wildman–Crippen MR) is 153 cm³/mol. The molecule has 11 heteroatoms. The van der Waals surface area contributed by atoms with E-state index < -0.39 is 0 Å². The summed E-state index contributed by atoms with van der Waals surface area (Å²) in [4.78, 5) is 23.3. The molecule has 2 aromatic carbocycles. The number of benzene rings is 2. The topological polar surface area (TPSA) is 103 Å². The zero-order valence-corrected chi connectivity index (χ0v) is 22.7. The lowest BCUT2D eigenvalue weighted by Crippen LogP contribution is -2.20. The summed E-state index contributed by atoms with van der Waals surface area (Å²) in [6, 6.07) is 9.35. The van der Waals surface area contributed by atoms with E-state index in [0.29, 0.717) is 59.3 Å². The van der Waals surface area contributed by atoms with Gasteiger partial charge in [0.1, 0.15) is 30.5 Å². The van der Waals surface area contributed by atoms with Gasteiger partial charge in [-0.15, -0.1) is 0 Å². The molecule has 0 radical (unpaired) electrons. The highest BCUT2D eigenvalue weighted by atomic mass is 35.5. The Morgan fingerprint density at radius 1 is 1.28 bits per heavy atom. The Labute approximate surface area is 231 Å². The molecule has 0 bridgehead atoms. The Morgan fingerprint density at radius 2 is 2.13 bits per heavy atom. The molecule has 0 unspecified atom stereocenters. The van der Waals surface area contributed by atoms with Crippen molar-refractivity contribution in [1.29, 1.82) is 0 Å². The van der Waals surface area contributed by atoms with Crippen molar-refractivity contribution in [2.24, 2.45) is 0 Å². The molecular weight excluding hydrogens is 520 g/mol. The molecular formula is C28H29ClN6O4. The molecule has 4 aromatic rings. The second kappa shape index (κ2) is 11.2. The van der Waals surface area contributed by atoms with Crippen molar-refractivity contribution >= 4 is 45.7 Å². The molecule has 1 aliphatic heterocycles. The van der Waals surface area contributed by atoms with Crippen LogP contribution in [0.4, 0.5) is 17.3 Å². The van der Waals surface area contributed by atoms with Gasteiger partial charge in [-0.2, -0.15) is 0 Å². The zero-order chi connectivity index (χ0) is 27.5. The number of hydrogen-bond acceptors (Lipinski definition) is 8. The molecule has 10 nitrogen and oxygen atoms in total. The maximum atomic E-state index is 12.1. The Kier molecular flexibility index (Phi) is 7.58. The lowest BCUT2D eigenvalue weighted by atomic mass is 10.1. The number of rotatable bonds is 10. The smallest absolute Gasteiger partial charge is 0.247 e. The van der Waals surface area contributed by atoms with E-state index >= 15 is 0 Å². The van der Waals surface area contributed by atoms with Gasteiger partial charge in [0.15, 0.2) is 0 Å². The number of nitrogens with zero attached hydrogens (tertiary/aromatic N) is 4. The summed E-state index contributed by atoms with van der Waals surface area (Å²) < 4.78 is 19.6. The quantitative estimate of drug-likeness (QED) is 0.268. The van der Waals surface area contributed by atoms with Crippen LogP contribution in [0.2, 0.25) is 5.02 Å². The summed E-state index contributed by atoms with van der Waals surface area (Å²) in [6.45, 7) is 5.99. The fourth-order valence-electron chi connectivity index (χ4n) is 4.36. The Hall–Kier alpha value is -4.28. The Bertz CT molecular complexity index is 1550. The molecule has 0 atom stereocenters. The average molecular weight is 549 g/mol. The summed E-state index contributed by atoms with van der Waals surface area (Å²) in [5.41, 5.74) is 3.45. The molecule has 1 amide bonds. The molecule has 1 aliphatic rings. The number of nitrogens with one attached hydrogen (secondary N) is 2. The monoisotopic (exact) mass is 548 g/mol. The maximum Gasteiger partial charge on any atom is 0.247 e. The minimum absolute atomic E-state index is 0.304. The normalized spacial score (nSPS) is 12.2. The standard InChI is InChI=1S/C28H29ClN6O4/c1-5-25(36)31-21-13-20(23(37-4)14-24(21)39-11-9-34(2)3)32-28-30-15-19(29)26(33-28)18-16-35-10-12-38-22-8-6-7-17(18)27(22)35/h5-8,13-16H,1,9-12H2,2-4H3,(H,31,36)(H,30,32,33). The van der Waals surface area contributed by atoms with E-state index in [9.17, 15) is 4.79 Å². The van der Waals surface area contributed by atoms with Gasteiger partial charge in [-0.1, -0.05) is 30.3 Å². The van der Waals surface area contributed by atoms with Gasteiger partial charge in [0.2, 0.25) is 11.9 Å². The third kappa shape index (κ3) is 5.47. The van der Waals surface area contributed by atoms with Crippen molar-refractivity contribution in [3.63, 3.8) is 0 Å². The summed E-state index contributed by atoms with van der Waals surface area (Å²) >= 11 is 6.60. The van der Waals surface area contributed by atoms with Gasteiger partial charge in [0.25, 0.3) is 0 Å². The second-order valence-electron chi connectivity index (χ2n) is 9.15. The fraction of sp³-hybridized carbons (Fsp3) is 0.250. The van der Waals surface area contributed by atoms with Crippen LogP contribution in [-0.4, -0.2) is 66.3 Å². The van der Waals surface area contributed by atoms with Crippen molar-refractivity contribution < 1.29 is 19.0 Å². The van der Waals surface area contributed by atoms with Crippen molar-refractivity contribution in [2.75, 3.05) is 51.6 Å². The van der Waals surface area contributed by atoms with Crippen LogP contribution in [0.3, 0.4) is 0 Å². The van der Waals surface area contributed by atoms with Crippen LogP contribution in [-0.2, 0) is 11.3 Å². The molecule has 2 N–H and O–H groups in total. The van der Waals surface area contributed by atoms with E-state index in [1.54, 1.807) is 25.4 Å².